The van der Waals surface area contributed by atoms with Crippen molar-refractivity contribution < 1.29 is 4.74 Å². The standard InChI is InChI=1S/C21H27N3O2/c1-13(2)20-22-18-7-9-24(8-6-17(18)21(25)23-20)12-15-4-5-19-16(11-15)10-14(3)26-19/h4-5,11,13-14H,6-10,12H2,1-3H3,(H,22,23,25)/t14-/m1/s1. The van der Waals surface area contributed by atoms with Crippen molar-refractivity contribution in [2.45, 2.75) is 58.6 Å². The number of aromatic amines is 1. The summed E-state index contributed by atoms with van der Waals surface area (Å²) in [5, 5.41) is 0. The number of H-pyrrole nitrogens is 1. The van der Waals surface area contributed by atoms with E-state index >= 15 is 0 Å². The maximum Gasteiger partial charge on any atom is 0.254 e. The maximum absolute atomic E-state index is 12.4. The first kappa shape index (κ1) is 17.3. The second-order valence-corrected chi connectivity index (χ2v) is 7.88. The zero-order chi connectivity index (χ0) is 18.3. The fourth-order valence-corrected chi connectivity index (χ4v) is 3.94. The van der Waals surface area contributed by atoms with Gasteiger partial charge < -0.3 is 9.72 Å². The summed E-state index contributed by atoms with van der Waals surface area (Å²) in [6, 6.07) is 6.54. The Kier molecular flexibility index (Phi) is 4.57. The van der Waals surface area contributed by atoms with Crippen molar-refractivity contribution in [1.82, 2.24) is 14.9 Å². The van der Waals surface area contributed by atoms with Crippen molar-refractivity contribution in [2.24, 2.45) is 0 Å². The van der Waals surface area contributed by atoms with Crippen LogP contribution in [0.15, 0.2) is 23.0 Å². The van der Waals surface area contributed by atoms with Crippen molar-refractivity contribution in [3.05, 3.63) is 56.8 Å². The number of fused-ring (bicyclic) bond motifs is 2. The molecule has 2 aromatic rings. The van der Waals surface area contributed by atoms with Gasteiger partial charge in [0.05, 0.1) is 5.69 Å². The molecule has 0 bridgehead atoms. The second-order valence-electron chi connectivity index (χ2n) is 7.88. The third kappa shape index (κ3) is 3.40. The van der Waals surface area contributed by atoms with Crippen LogP contribution in [0.4, 0.5) is 0 Å². The number of nitrogens with zero attached hydrogens (tertiary/aromatic N) is 2. The molecule has 1 atom stereocenters. The molecule has 138 valence electrons. The topological polar surface area (TPSA) is 58.2 Å². The smallest absolute Gasteiger partial charge is 0.254 e. The SMILES string of the molecule is CC(C)c1nc2c(c(=O)[nH]1)CCN(Cc1ccc3c(c1)C[C@@H](C)O3)CC2. The van der Waals surface area contributed by atoms with Crippen LogP contribution < -0.4 is 10.3 Å². The molecule has 0 radical (unpaired) electrons. The minimum Gasteiger partial charge on any atom is -0.490 e. The number of hydrogen-bond acceptors (Lipinski definition) is 4. The Bertz CT molecular complexity index is 872. The number of hydrogen-bond donors (Lipinski definition) is 1. The van der Waals surface area contributed by atoms with Crippen molar-refractivity contribution in [2.75, 3.05) is 13.1 Å². The van der Waals surface area contributed by atoms with Gasteiger partial charge in [-0.05, 0) is 30.5 Å². The van der Waals surface area contributed by atoms with Crippen LogP contribution in [0.1, 0.15) is 54.9 Å². The zero-order valence-corrected chi connectivity index (χ0v) is 15.8. The van der Waals surface area contributed by atoms with Gasteiger partial charge in [-0.1, -0.05) is 26.0 Å². The molecule has 2 aliphatic heterocycles. The fourth-order valence-electron chi connectivity index (χ4n) is 3.94. The summed E-state index contributed by atoms with van der Waals surface area (Å²) in [6.07, 6.45) is 2.87. The number of rotatable bonds is 3. The van der Waals surface area contributed by atoms with E-state index in [-0.39, 0.29) is 17.6 Å². The molecule has 5 heteroatoms. The molecule has 1 aromatic carbocycles. The van der Waals surface area contributed by atoms with Crippen LogP contribution in [0, 0.1) is 0 Å². The highest BCUT2D eigenvalue weighted by Crippen LogP contribution is 2.29. The lowest BCUT2D eigenvalue weighted by molar-refractivity contribution is 0.254. The molecular formula is C21H27N3O2. The summed E-state index contributed by atoms with van der Waals surface area (Å²) in [6.45, 7) is 8.97. The second kappa shape index (κ2) is 6.88. The molecule has 0 saturated heterocycles. The van der Waals surface area contributed by atoms with E-state index in [1.807, 2.05) is 0 Å². The van der Waals surface area contributed by atoms with Crippen LogP contribution in [0.3, 0.4) is 0 Å². The Morgan fingerprint density at radius 2 is 2.12 bits per heavy atom. The van der Waals surface area contributed by atoms with Crippen LogP contribution in [0.25, 0.3) is 0 Å². The van der Waals surface area contributed by atoms with Gasteiger partial charge in [0.1, 0.15) is 17.7 Å². The lowest BCUT2D eigenvalue weighted by Gasteiger charge is -2.19. The van der Waals surface area contributed by atoms with E-state index in [1.165, 1.54) is 11.1 Å². The van der Waals surface area contributed by atoms with Crippen LogP contribution in [0.5, 0.6) is 5.75 Å². The minimum absolute atomic E-state index is 0.0456. The van der Waals surface area contributed by atoms with Gasteiger partial charge in [0, 0.05) is 44.0 Å². The van der Waals surface area contributed by atoms with Crippen LogP contribution >= 0.6 is 0 Å². The highest BCUT2D eigenvalue weighted by atomic mass is 16.5. The lowest BCUT2D eigenvalue weighted by atomic mass is 10.1. The van der Waals surface area contributed by atoms with Gasteiger partial charge >= 0.3 is 0 Å². The quantitative estimate of drug-likeness (QED) is 0.922. The molecular weight excluding hydrogens is 326 g/mol. The van der Waals surface area contributed by atoms with E-state index in [9.17, 15) is 4.79 Å². The largest absolute Gasteiger partial charge is 0.490 e. The molecule has 0 unspecified atom stereocenters. The van der Waals surface area contributed by atoms with Crippen molar-refractivity contribution >= 4 is 0 Å². The van der Waals surface area contributed by atoms with Gasteiger partial charge in [0.25, 0.3) is 5.56 Å². The van der Waals surface area contributed by atoms with Crippen molar-refractivity contribution in [1.29, 1.82) is 0 Å². The summed E-state index contributed by atoms with van der Waals surface area (Å²) >= 11 is 0. The molecule has 0 saturated carbocycles. The van der Waals surface area contributed by atoms with E-state index in [2.05, 4.69) is 48.9 Å². The Labute approximate surface area is 154 Å². The van der Waals surface area contributed by atoms with Gasteiger partial charge in [-0.15, -0.1) is 0 Å². The Balaban J connectivity index is 1.49. The molecule has 3 heterocycles. The average Bonchev–Trinajstić information content (AvgIpc) is 2.84. The highest BCUT2D eigenvalue weighted by Gasteiger charge is 2.22. The monoisotopic (exact) mass is 353 g/mol. The van der Waals surface area contributed by atoms with E-state index in [0.717, 1.165) is 61.7 Å². The molecule has 0 fully saturated rings. The van der Waals surface area contributed by atoms with Gasteiger partial charge in [-0.3, -0.25) is 9.69 Å². The normalized spacial score (nSPS) is 19.8. The van der Waals surface area contributed by atoms with Gasteiger partial charge in [-0.25, -0.2) is 4.98 Å². The maximum atomic E-state index is 12.4. The Hall–Kier alpha value is -2.14. The summed E-state index contributed by atoms with van der Waals surface area (Å²) in [5.74, 6) is 2.07. The highest BCUT2D eigenvalue weighted by molar-refractivity contribution is 5.40. The minimum atomic E-state index is 0.0456. The number of nitrogens with one attached hydrogen (secondary N) is 1. The van der Waals surface area contributed by atoms with Gasteiger partial charge in [0.15, 0.2) is 0 Å². The number of ether oxygens (including phenoxy) is 1. The third-order valence-electron chi connectivity index (χ3n) is 5.38. The van der Waals surface area contributed by atoms with Gasteiger partial charge in [-0.2, -0.15) is 0 Å². The molecule has 1 N–H and O–H groups in total. The summed E-state index contributed by atoms with van der Waals surface area (Å²) < 4.78 is 5.80. The molecule has 0 spiro atoms. The average molecular weight is 353 g/mol. The third-order valence-corrected chi connectivity index (χ3v) is 5.38. The fraction of sp³-hybridized carbons (Fsp3) is 0.524. The first-order valence-corrected chi connectivity index (χ1v) is 9.62. The molecule has 26 heavy (non-hydrogen) atoms. The summed E-state index contributed by atoms with van der Waals surface area (Å²) in [5.41, 5.74) is 4.53. The van der Waals surface area contributed by atoms with Crippen LogP contribution in [0.2, 0.25) is 0 Å². The van der Waals surface area contributed by atoms with E-state index in [1.54, 1.807) is 0 Å². The molecule has 5 nitrogen and oxygen atoms in total. The molecule has 0 aliphatic carbocycles. The predicted octanol–water partition coefficient (Wildman–Crippen LogP) is 2.82. The van der Waals surface area contributed by atoms with Crippen molar-refractivity contribution in [3.63, 3.8) is 0 Å². The first-order valence-electron chi connectivity index (χ1n) is 9.62. The van der Waals surface area contributed by atoms with Gasteiger partial charge in [0.2, 0.25) is 0 Å². The zero-order valence-electron chi connectivity index (χ0n) is 15.8. The molecule has 2 aliphatic rings. The van der Waals surface area contributed by atoms with Crippen LogP contribution in [-0.4, -0.2) is 34.1 Å². The number of benzene rings is 1. The van der Waals surface area contributed by atoms with Crippen LogP contribution in [-0.2, 0) is 25.8 Å². The molecule has 4 rings (SSSR count). The number of aromatic nitrogens is 2. The predicted molar refractivity (Wildman–Crippen MR) is 102 cm³/mol. The Morgan fingerprint density at radius 1 is 1.31 bits per heavy atom. The molecule has 1 aromatic heterocycles. The lowest BCUT2D eigenvalue weighted by Crippen LogP contribution is -2.26. The summed E-state index contributed by atoms with van der Waals surface area (Å²) in [4.78, 5) is 22.6. The molecule has 0 amide bonds. The van der Waals surface area contributed by atoms with Crippen molar-refractivity contribution in [3.8, 4) is 5.75 Å². The van der Waals surface area contributed by atoms with E-state index < -0.39 is 0 Å². The van der Waals surface area contributed by atoms with E-state index in [0.29, 0.717) is 0 Å². The Morgan fingerprint density at radius 3 is 2.92 bits per heavy atom. The van der Waals surface area contributed by atoms with E-state index in [4.69, 9.17) is 9.72 Å². The first-order chi connectivity index (χ1) is 12.5. The summed E-state index contributed by atoms with van der Waals surface area (Å²) in [7, 11) is 0.